The maximum Gasteiger partial charge on any atom is 0.232 e. The number of hydrogen-bond acceptors (Lipinski definition) is 3. The van der Waals surface area contributed by atoms with Gasteiger partial charge in [0.1, 0.15) is 0 Å². The summed E-state index contributed by atoms with van der Waals surface area (Å²) in [7, 11) is 1.80. The summed E-state index contributed by atoms with van der Waals surface area (Å²) < 4.78 is 27.6. The first-order chi connectivity index (χ1) is 7.78. The second-order valence-corrected chi connectivity index (χ2v) is 8.36. The largest absolute Gasteiger partial charge is 0.378 e. The number of rotatable bonds is 5. The van der Waals surface area contributed by atoms with Gasteiger partial charge in [0.2, 0.25) is 9.05 Å². The smallest absolute Gasteiger partial charge is 0.232 e. The van der Waals surface area contributed by atoms with Crippen molar-refractivity contribution < 1.29 is 13.2 Å². The molecule has 0 amide bonds. The summed E-state index contributed by atoms with van der Waals surface area (Å²) in [5.74, 6) is 1.43. The minimum absolute atomic E-state index is 0.00671. The molecule has 1 saturated carbocycles. The third kappa shape index (κ3) is 6.07. The molecule has 0 aromatic rings. The van der Waals surface area contributed by atoms with E-state index in [1.807, 2.05) is 6.92 Å². The first kappa shape index (κ1) is 15.3. The molecule has 1 fully saturated rings. The van der Waals surface area contributed by atoms with Gasteiger partial charge in [0, 0.05) is 10.7 Å². The molecule has 0 saturated heterocycles. The van der Waals surface area contributed by atoms with Gasteiger partial charge in [-0.25, -0.2) is 8.42 Å². The highest BCUT2D eigenvalue weighted by atomic mass is 35.7. The van der Waals surface area contributed by atoms with Crippen LogP contribution in [0.2, 0.25) is 0 Å². The molecule has 102 valence electrons. The van der Waals surface area contributed by atoms with Crippen LogP contribution in [0.5, 0.6) is 0 Å². The minimum atomic E-state index is -3.40. The molecular formula is C12H23ClO3S. The van der Waals surface area contributed by atoms with Crippen molar-refractivity contribution in [1.29, 1.82) is 0 Å². The summed E-state index contributed by atoms with van der Waals surface area (Å²) in [5.41, 5.74) is 0. The zero-order valence-corrected chi connectivity index (χ0v) is 12.4. The molecule has 1 rings (SSSR count). The lowest BCUT2D eigenvalue weighted by atomic mass is 9.80. The molecule has 4 atom stereocenters. The fourth-order valence-corrected chi connectivity index (χ4v) is 3.76. The van der Waals surface area contributed by atoms with Crippen LogP contribution < -0.4 is 0 Å². The Labute approximate surface area is 109 Å². The fourth-order valence-electron chi connectivity index (χ4n) is 2.34. The van der Waals surface area contributed by atoms with Crippen LogP contribution in [0.1, 0.15) is 40.0 Å². The van der Waals surface area contributed by atoms with Crippen LogP contribution in [-0.4, -0.2) is 26.9 Å². The van der Waals surface area contributed by atoms with Crippen molar-refractivity contribution in [2.45, 2.75) is 46.1 Å². The summed E-state index contributed by atoms with van der Waals surface area (Å²) >= 11 is 0. The molecule has 1 aliphatic rings. The van der Waals surface area contributed by atoms with Crippen molar-refractivity contribution in [2.24, 2.45) is 17.8 Å². The van der Waals surface area contributed by atoms with Gasteiger partial charge in [0.25, 0.3) is 0 Å². The normalized spacial score (nSPS) is 32.4. The Morgan fingerprint density at radius 1 is 1.29 bits per heavy atom. The van der Waals surface area contributed by atoms with Crippen molar-refractivity contribution in [3.05, 3.63) is 0 Å². The molecule has 1 aliphatic carbocycles. The van der Waals surface area contributed by atoms with Crippen molar-refractivity contribution in [3.63, 3.8) is 0 Å². The van der Waals surface area contributed by atoms with Gasteiger partial charge in [0.15, 0.2) is 0 Å². The summed E-state index contributed by atoms with van der Waals surface area (Å²) in [6.07, 6.45) is 3.67. The SMILES string of the molecule is CC(COC1CCC(C)C(C)C1)CS(=O)(=O)Cl. The van der Waals surface area contributed by atoms with Crippen LogP contribution in [0.3, 0.4) is 0 Å². The molecule has 0 bridgehead atoms. The summed E-state index contributed by atoms with van der Waals surface area (Å²) in [4.78, 5) is 0. The molecule has 3 nitrogen and oxygen atoms in total. The van der Waals surface area contributed by atoms with Crippen LogP contribution in [0.15, 0.2) is 0 Å². The van der Waals surface area contributed by atoms with E-state index in [1.54, 1.807) is 0 Å². The summed E-state index contributed by atoms with van der Waals surface area (Å²) in [6, 6.07) is 0. The lowest BCUT2D eigenvalue weighted by molar-refractivity contribution is -0.00883. The zero-order chi connectivity index (χ0) is 13.1. The minimum Gasteiger partial charge on any atom is -0.378 e. The van der Waals surface area contributed by atoms with Crippen molar-refractivity contribution >= 4 is 19.7 Å². The average Bonchev–Trinajstić information content (AvgIpc) is 2.17. The number of ether oxygens (including phenoxy) is 1. The molecule has 4 unspecified atom stereocenters. The van der Waals surface area contributed by atoms with Gasteiger partial charge in [-0.3, -0.25) is 0 Å². The standard InChI is InChI=1S/C12H23ClO3S/c1-9(8-17(13,14)15)7-16-12-5-4-10(2)11(3)6-12/h9-12H,4-8H2,1-3H3. The molecule has 0 heterocycles. The van der Waals surface area contributed by atoms with Crippen LogP contribution in [0, 0.1) is 17.8 Å². The van der Waals surface area contributed by atoms with Gasteiger partial charge in [-0.15, -0.1) is 0 Å². The predicted molar refractivity (Wildman–Crippen MR) is 70.7 cm³/mol. The van der Waals surface area contributed by atoms with Gasteiger partial charge in [-0.2, -0.15) is 0 Å². The molecule has 17 heavy (non-hydrogen) atoms. The molecule has 0 aliphatic heterocycles. The Morgan fingerprint density at radius 2 is 1.94 bits per heavy atom. The van der Waals surface area contributed by atoms with E-state index in [0.717, 1.165) is 18.8 Å². The van der Waals surface area contributed by atoms with E-state index in [-0.39, 0.29) is 11.7 Å². The number of hydrogen-bond donors (Lipinski definition) is 0. The van der Waals surface area contributed by atoms with E-state index in [2.05, 4.69) is 13.8 Å². The molecule has 5 heteroatoms. The van der Waals surface area contributed by atoms with Crippen LogP contribution in [-0.2, 0) is 13.8 Å². The molecular weight excluding hydrogens is 260 g/mol. The maximum atomic E-state index is 10.9. The lowest BCUT2D eigenvalue weighted by Gasteiger charge is -2.32. The Morgan fingerprint density at radius 3 is 2.47 bits per heavy atom. The maximum absolute atomic E-state index is 10.9. The second-order valence-electron chi connectivity index (χ2n) is 5.53. The Kier molecular flexibility index (Phi) is 5.74. The van der Waals surface area contributed by atoms with E-state index in [4.69, 9.17) is 15.4 Å². The highest BCUT2D eigenvalue weighted by Crippen LogP contribution is 2.31. The van der Waals surface area contributed by atoms with Crippen molar-refractivity contribution in [1.82, 2.24) is 0 Å². The van der Waals surface area contributed by atoms with Gasteiger partial charge in [-0.05, 0) is 37.0 Å². The Bertz CT molecular complexity index is 329. The van der Waals surface area contributed by atoms with Crippen LogP contribution in [0.4, 0.5) is 0 Å². The topological polar surface area (TPSA) is 43.4 Å². The van der Waals surface area contributed by atoms with E-state index in [0.29, 0.717) is 18.6 Å². The van der Waals surface area contributed by atoms with Gasteiger partial charge < -0.3 is 4.74 Å². The molecule has 0 spiro atoms. The zero-order valence-electron chi connectivity index (χ0n) is 10.9. The first-order valence-corrected chi connectivity index (χ1v) is 8.79. The van der Waals surface area contributed by atoms with Gasteiger partial charge in [-0.1, -0.05) is 20.8 Å². The highest BCUT2D eigenvalue weighted by molar-refractivity contribution is 8.13. The summed E-state index contributed by atoms with van der Waals surface area (Å²) in [6.45, 7) is 6.88. The van der Waals surface area contributed by atoms with E-state index in [1.165, 1.54) is 6.42 Å². The monoisotopic (exact) mass is 282 g/mol. The average molecular weight is 283 g/mol. The third-order valence-corrected chi connectivity index (χ3v) is 5.00. The molecule has 0 radical (unpaired) electrons. The lowest BCUT2D eigenvalue weighted by Crippen LogP contribution is -2.28. The third-order valence-electron chi connectivity index (χ3n) is 3.65. The number of halogens is 1. The fraction of sp³-hybridized carbons (Fsp3) is 1.00. The van der Waals surface area contributed by atoms with Crippen LogP contribution in [0.25, 0.3) is 0 Å². The first-order valence-electron chi connectivity index (χ1n) is 6.32. The molecule has 0 aromatic heterocycles. The molecule has 0 aromatic carbocycles. The highest BCUT2D eigenvalue weighted by Gasteiger charge is 2.25. The van der Waals surface area contributed by atoms with Crippen molar-refractivity contribution in [2.75, 3.05) is 12.4 Å². The van der Waals surface area contributed by atoms with Crippen LogP contribution >= 0.6 is 10.7 Å². The Hall–Kier alpha value is 0.200. The Balaban J connectivity index is 2.27. The van der Waals surface area contributed by atoms with E-state index in [9.17, 15) is 8.42 Å². The summed E-state index contributed by atoms with van der Waals surface area (Å²) in [5, 5.41) is 0. The van der Waals surface area contributed by atoms with Gasteiger partial charge >= 0.3 is 0 Å². The van der Waals surface area contributed by atoms with Gasteiger partial charge in [0.05, 0.1) is 18.5 Å². The quantitative estimate of drug-likeness (QED) is 0.728. The van der Waals surface area contributed by atoms with E-state index >= 15 is 0 Å². The molecule has 0 N–H and O–H groups in total. The predicted octanol–water partition coefficient (Wildman–Crippen LogP) is 3.03. The second kappa shape index (κ2) is 6.39. The van der Waals surface area contributed by atoms with E-state index < -0.39 is 9.05 Å². The van der Waals surface area contributed by atoms with Crippen molar-refractivity contribution in [3.8, 4) is 0 Å².